The summed E-state index contributed by atoms with van der Waals surface area (Å²) in [6, 6.07) is 16.2. The van der Waals surface area contributed by atoms with E-state index in [1.807, 2.05) is 36.5 Å². The Morgan fingerprint density at radius 3 is 2.79 bits per heavy atom. The van der Waals surface area contributed by atoms with Crippen LogP contribution in [0.15, 0.2) is 64.1 Å². The SMILES string of the molecule is CCNC(=NCc1cn2c(C)cccc2n1)NC(C)c1cc2ccccc2o1.I. The number of hydrogen-bond acceptors (Lipinski definition) is 3. The van der Waals surface area contributed by atoms with E-state index in [0.29, 0.717) is 6.54 Å². The Labute approximate surface area is 187 Å². The van der Waals surface area contributed by atoms with E-state index in [1.165, 1.54) is 0 Å². The molecular weight excluding hydrogens is 477 g/mol. The number of guanidine groups is 1. The van der Waals surface area contributed by atoms with E-state index in [1.54, 1.807) is 0 Å². The smallest absolute Gasteiger partial charge is 0.192 e. The van der Waals surface area contributed by atoms with Gasteiger partial charge in [-0.1, -0.05) is 24.3 Å². The van der Waals surface area contributed by atoms with Crippen LogP contribution < -0.4 is 10.6 Å². The third-order valence-electron chi connectivity index (χ3n) is 4.71. The van der Waals surface area contributed by atoms with Gasteiger partial charge in [0.25, 0.3) is 0 Å². The number of aromatic nitrogens is 2. The van der Waals surface area contributed by atoms with Crippen molar-refractivity contribution in [1.82, 2.24) is 20.0 Å². The average Bonchev–Trinajstić information content (AvgIpc) is 3.31. The molecule has 0 amide bonds. The molecular formula is C22H26IN5O. The number of hydrogen-bond donors (Lipinski definition) is 2. The first-order valence-electron chi connectivity index (χ1n) is 9.61. The Morgan fingerprint density at radius 1 is 1.21 bits per heavy atom. The number of para-hydroxylation sites is 1. The molecule has 1 aromatic carbocycles. The van der Waals surface area contributed by atoms with E-state index in [0.717, 1.165) is 46.3 Å². The third-order valence-corrected chi connectivity index (χ3v) is 4.71. The molecule has 1 unspecified atom stereocenters. The molecule has 1 atom stereocenters. The number of fused-ring (bicyclic) bond motifs is 2. The van der Waals surface area contributed by atoms with Crippen LogP contribution in [0.3, 0.4) is 0 Å². The molecule has 0 saturated heterocycles. The monoisotopic (exact) mass is 503 g/mol. The molecule has 29 heavy (non-hydrogen) atoms. The summed E-state index contributed by atoms with van der Waals surface area (Å²) in [5.74, 6) is 1.62. The van der Waals surface area contributed by atoms with E-state index in [4.69, 9.17) is 9.41 Å². The van der Waals surface area contributed by atoms with Gasteiger partial charge >= 0.3 is 0 Å². The normalized spacial score (nSPS) is 12.7. The number of nitrogens with zero attached hydrogens (tertiary/aromatic N) is 3. The average molecular weight is 503 g/mol. The lowest BCUT2D eigenvalue weighted by Crippen LogP contribution is -2.38. The fourth-order valence-corrected chi connectivity index (χ4v) is 3.25. The van der Waals surface area contributed by atoms with Crippen LogP contribution in [0.5, 0.6) is 0 Å². The highest BCUT2D eigenvalue weighted by Gasteiger charge is 2.13. The molecule has 0 bridgehead atoms. The first-order valence-corrected chi connectivity index (χ1v) is 9.61. The molecule has 3 aromatic heterocycles. The van der Waals surface area contributed by atoms with E-state index in [9.17, 15) is 0 Å². The largest absolute Gasteiger partial charge is 0.459 e. The Bertz CT molecular complexity index is 1100. The van der Waals surface area contributed by atoms with Crippen molar-refractivity contribution in [2.24, 2.45) is 4.99 Å². The highest BCUT2D eigenvalue weighted by molar-refractivity contribution is 14.0. The van der Waals surface area contributed by atoms with Gasteiger partial charge in [-0.3, -0.25) is 0 Å². The van der Waals surface area contributed by atoms with Gasteiger partial charge in [-0.2, -0.15) is 0 Å². The number of imidazole rings is 1. The minimum absolute atomic E-state index is 0. The van der Waals surface area contributed by atoms with Crippen LogP contribution in [-0.4, -0.2) is 21.9 Å². The zero-order valence-electron chi connectivity index (χ0n) is 16.8. The van der Waals surface area contributed by atoms with Gasteiger partial charge in [-0.15, -0.1) is 24.0 Å². The highest BCUT2D eigenvalue weighted by atomic mass is 127. The number of aliphatic imine (C=N–C) groups is 1. The zero-order chi connectivity index (χ0) is 19.5. The number of halogens is 1. The van der Waals surface area contributed by atoms with Crippen LogP contribution >= 0.6 is 24.0 Å². The summed E-state index contributed by atoms with van der Waals surface area (Å²) < 4.78 is 8.05. The Balaban J connectivity index is 0.00000240. The Hall–Kier alpha value is -2.55. The number of furan rings is 1. The van der Waals surface area contributed by atoms with Crippen molar-refractivity contribution >= 4 is 46.6 Å². The predicted molar refractivity (Wildman–Crippen MR) is 128 cm³/mol. The lowest BCUT2D eigenvalue weighted by molar-refractivity contribution is 0.488. The molecule has 0 aliphatic carbocycles. The molecule has 4 aromatic rings. The van der Waals surface area contributed by atoms with Gasteiger partial charge < -0.3 is 19.5 Å². The quantitative estimate of drug-likeness (QED) is 0.233. The van der Waals surface area contributed by atoms with E-state index in [2.05, 4.69) is 59.0 Å². The maximum absolute atomic E-state index is 5.96. The third kappa shape index (κ3) is 4.72. The molecule has 152 valence electrons. The minimum atomic E-state index is -0.00601. The van der Waals surface area contributed by atoms with Crippen LogP contribution in [0.25, 0.3) is 16.6 Å². The van der Waals surface area contributed by atoms with Crippen LogP contribution in [-0.2, 0) is 6.54 Å². The second-order valence-corrected chi connectivity index (χ2v) is 6.88. The summed E-state index contributed by atoms with van der Waals surface area (Å²) in [4.78, 5) is 9.36. The predicted octanol–water partition coefficient (Wildman–Crippen LogP) is 4.82. The number of nitrogens with one attached hydrogen (secondary N) is 2. The maximum Gasteiger partial charge on any atom is 0.192 e. The van der Waals surface area contributed by atoms with Crippen molar-refractivity contribution in [3.8, 4) is 0 Å². The van der Waals surface area contributed by atoms with Crippen LogP contribution in [0.4, 0.5) is 0 Å². The molecule has 3 heterocycles. The first-order chi connectivity index (χ1) is 13.6. The van der Waals surface area contributed by atoms with Crippen molar-refractivity contribution in [2.75, 3.05) is 6.54 Å². The topological polar surface area (TPSA) is 66.9 Å². The molecule has 0 saturated carbocycles. The van der Waals surface area contributed by atoms with Gasteiger partial charge in [0.2, 0.25) is 0 Å². The standard InChI is InChI=1S/C22H25N5O.HI/c1-4-23-22(24-13-18-14-27-15(2)8-7-11-21(27)26-18)25-16(3)20-12-17-9-5-6-10-19(17)28-20;/h5-12,14,16H,4,13H2,1-3H3,(H2,23,24,25);1H. The first kappa shape index (κ1) is 21.2. The summed E-state index contributed by atoms with van der Waals surface area (Å²) in [5, 5.41) is 7.82. The van der Waals surface area contributed by atoms with Crippen molar-refractivity contribution in [2.45, 2.75) is 33.4 Å². The second kappa shape index (κ2) is 9.30. The molecule has 6 nitrogen and oxygen atoms in total. The van der Waals surface area contributed by atoms with E-state index in [-0.39, 0.29) is 30.0 Å². The van der Waals surface area contributed by atoms with Gasteiger partial charge in [-0.05, 0) is 45.0 Å². The Morgan fingerprint density at radius 2 is 2.03 bits per heavy atom. The zero-order valence-corrected chi connectivity index (χ0v) is 19.2. The number of aryl methyl sites for hydroxylation is 1. The fourth-order valence-electron chi connectivity index (χ4n) is 3.25. The second-order valence-electron chi connectivity index (χ2n) is 6.88. The van der Waals surface area contributed by atoms with Crippen LogP contribution in [0.1, 0.15) is 37.0 Å². The molecule has 4 rings (SSSR count). The fraction of sp³-hybridized carbons (Fsp3) is 0.273. The van der Waals surface area contributed by atoms with Gasteiger partial charge in [0, 0.05) is 23.8 Å². The van der Waals surface area contributed by atoms with Crippen molar-refractivity contribution in [3.05, 3.63) is 71.9 Å². The minimum Gasteiger partial charge on any atom is -0.459 e. The van der Waals surface area contributed by atoms with Crippen molar-refractivity contribution in [1.29, 1.82) is 0 Å². The maximum atomic E-state index is 5.96. The van der Waals surface area contributed by atoms with Crippen LogP contribution in [0, 0.1) is 6.92 Å². The molecule has 0 spiro atoms. The number of rotatable bonds is 5. The number of benzene rings is 1. The molecule has 7 heteroatoms. The van der Waals surface area contributed by atoms with Gasteiger partial charge in [-0.25, -0.2) is 9.98 Å². The van der Waals surface area contributed by atoms with E-state index >= 15 is 0 Å². The molecule has 0 aliphatic heterocycles. The highest BCUT2D eigenvalue weighted by Crippen LogP contribution is 2.23. The number of pyridine rings is 1. The Kier molecular flexibility index (Phi) is 6.79. The van der Waals surface area contributed by atoms with E-state index < -0.39 is 0 Å². The van der Waals surface area contributed by atoms with Crippen molar-refractivity contribution in [3.63, 3.8) is 0 Å². The lowest BCUT2D eigenvalue weighted by atomic mass is 10.2. The molecule has 0 aliphatic rings. The molecule has 0 radical (unpaired) electrons. The summed E-state index contributed by atoms with van der Waals surface area (Å²) in [6.07, 6.45) is 2.04. The summed E-state index contributed by atoms with van der Waals surface area (Å²) in [7, 11) is 0. The van der Waals surface area contributed by atoms with Crippen molar-refractivity contribution < 1.29 is 4.42 Å². The van der Waals surface area contributed by atoms with Gasteiger partial charge in [0.1, 0.15) is 17.0 Å². The van der Waals surface area contributed by atoms with Gasteiger partial charge in [0.05, 0.1) is 18.3 Å². The summed E-state index contributed by atoms with van der Waals surface area (Å²) in [5.41, 5.74) is 3.93. The molecule has 2 N–H and O–H groups in total. The van der Waals surface area contributed by atoms with Crippen LogP contribution in [0.2, 0.25) is 0 Å². The summed E-state index contributed by atoms with van der Waals surface area (Å²) in [6.45, 7) is 7.48. The lowest BCUT2D eigenvalue weighted by Gasteiger charge is -2.15. The molecule has 0 fully saturated rings. The summed E-state index contributed by atoms with van der Waals surface area (Å²) >= 11 is 0. The van der Waals surface area contributed by atoms with Gasteiger partial charge in [0.15, 0.2) is 5.96 Å².